The van der Waals surface area contributed by atoms with Crippen molar-refractivity contribution >= 4 is 38.5 Å². The molecule has 0 spiro atoms. The Kier molecular flexibility index (Phi) is 5.41. The summed E-state index contributed by atoms with van der Waals surface area (Å²) in [7, 11) is -3.37. The summed E-state index contributed by atoms with van der Waals surface area (Å²) < 4.78 is 40.4. The van der Waals surface area contributed by atoms with Gasteiger partial charge in [-0.1, -0.05) is 24.4 Å². The fourth-order valence-corrected chi connectivity index (χ4v) is 4.65. The highest BCUT2D eigenvalue weighted by atomic mass is 35.5. The first-order valence-electron chi connectivity index (χ1n) is 9.19. The van der Waals surface area contributed by atoms with Gasteiger partial charge in [-0.15, -0.1) is 0 Å². The number of rotatable bonds is 5. The second-order valence-electron chi connectivity index (χ2n) is 7.17. The van der Waals surface area contributed by atoms with Crippen LogP contribution in [-0.2, 0) is 10.0 Å². The van der Waals surface area contributed by atoms with E-state index in [-0.39, 0.29) is 17.9 Å². The van der Waals surface area contributed by atoms with Crippen LogP contribution in [0.15, 0.2) is 24.7 Å². The maximum atomic E-state index is 14.4. The fourth-order valence-electron chi connectivity index (χ4n) is 3.66. The lowest BCUT2D eigenvalue weighted by Crippen LogP contribution is -2.48. The maximum absolute atomic E-state index is 14.4. The first-order chi connectivity index (χ1) is 13.8. The minimum Gasteiger partial charge on any atom is -0.363 e. The van der Waals surface area contributed by atoms with Gasteiger partial charge < -0.3 is 10.3 Å². The second kappa shape index (κ2) is 7.85. The summed E-state index contributed by atoms with van der Waals surface area (Å²) in [4.78, 5) is 15.7. The molecule has 11 heteroatoms. The molecule has 4 rings (SSSR count). The predicted octanol–water partition coefficient (Wildman–Crippen LogP) is 3.08. The van der Waals surface area contributed by atoms with Crippen molar-refractivity contribution in [2.75, 3.05) is 11.6 Å². The Morgan fingerprint density at radius 1 is 1.21 bits per heavy atom. The lowest BCUT2D eigenvalue weighted by Gasteiger charge is -2.32. The molecule has 1 fully saturated rings. The van der Waals surface area contributed by atoms with E-state index in [1.54, 1.807) is 12.3 Å². The van der Waals surface area contributed by atoms with Crippen LogP contribution in [0.1, 0.15) is 25.7 Å². The van der Waals surface area contributed by atoms with Crippen molar-refractivity contribution in [1.29, 1.82) is 0 Å². The molecule has 3 aromatic rings. The molecule has 0 amide bonds. The van der Waals surface area contributed by atoms with Gasteiger partial charge in [-0.3, -0.25) is 0 Å². The van der Waals surface area contributed by atoms with Crippen LogP contribution in [-0.4, -0.2) is 46.7 Å². The molecule has 2 atom stereocenters. The summed E-state index contributed by atoms with van der Waals surface area (Å²) >= 11 is 6.04. The van der Waals surface area contributed by atoms with E-state index < -0.39 is 15.8 Å². The van der Waals surface area contributed by atoms with Crippen molar-refractivity contribution in [3.8, 4) is 11.4 Å². The van der Waals surface area contributed by atoms with Gasteiger partial charge in [-0.25, -0.2) is 32.5 Å². The smallest absolute Gasteiger partial charge is 0.209 e. The van der Waals surface area contributed by atoms with Gasteiger partial charge in [0.15, 0.2) is 17.5 Å². The Bertz CT molecular complexity index is 1150. The van der Waals surface area contributed by atoms with Crippen molar-refractivity contribution in [3.63, 3.8) is 0 Å². The summed E-state index contributed by atoms with van der Waals surface area (Å²) in [5.74, 6) is -0.257. The number of aromatic amines is 1. The molecule has 3 aromatic heterocycles. The Labute approximate surface area is 172 Å². The van der Waals surface area contributed by atoms with Crippen molar-refractivity contribution in [3.05, 3.63) is 35.5 Å². The molecule has 154 valence electrons. The molecule has 1 saturated carbocycles. The lowest BCUT2D eigenvalue weighted by molar-refractivity contribution is 0.377. The third-order valence-corrected chi connectivity index (χ3v) is 5.87. The average molecular weight is 439 g/mol. The predicted molar refractivity (Wildman–Crippen MR) is 110 cm³/mol. The molecule has 0 bridgehead atoms. The van der Waals surface area contributed by atoms with Crippen LogP contribution in [0.4, 0.5) is 10.2 Å². The molecule has 1 unspecified atom stereocenters. The number of aromatic nitrogens is 4. The highest BCUT2D eigenvalue weighted by Gasteiger charge is 2.28. The van der Waals surface area contributed by atoms with Crippen LogP contribution in [0.5, 0.6) is 0 Å². The van der Waals surface area contributed by atoms with Crippen LogP contribution < -0.4 is 10.0 Å². The van der Waals surface area contributed by atoms with Gasteiger partial charge in [0.25, 0.3) is 0 Å². The number of H-pyrrole nitrogens is 1. The number of nitrogens with one attached hydrogen (secondary N) is 3. The van der Waals surface area contributed by atoms with Gasteiger partial charge in [-0.05, 0) is 18.9 Å². The van der Waals surface area contributed by atoms with E-state index in [1.165, 1.54) is 6.20 Å². The molecule has 0 radical (unpaired) electrons. The van der Waals surface area contributed by atoms with Crippen LogP contribution in [0.3, 0.4) is 0 Å². The van der Waals surface area contributed by atoms with Gasteiger partial charge in [0.1, 0.15) is 5.65 Å². The number of nitrogens with zero attached hydrogens (tertiary/aromatic N) is 3. The topological polar surface area (TPSA) is 113 Å². The van der Waals surface area contributed by atoms with Gasteiger partial charge in [0.05, 0.1) is 17.5 Å². The standard InChI is InChI=1S/C18H20ClFN6O2S/c1-29(27,28)26-15-5-3-2-4-14(15)24-18-13(20)9-23-17(25-18)12-8-22-16-11(12)6-10(19)7-21-16/h6-9,14-15,26H,2-5H2,1H3,(H,21,22)(H,23,24,25)/t14?,15-/m0/s1. The van der Waals surface area contributed by atoms with E-state index >= 15 is 0 Å². The van der Waals surface area contributed by atoms with Crippen molar-refractivity contribution in [2.24, 2.45) is 0 Å². The number of hydrogen-bond acceptors (Lipinski definition) is 6. The van der Waals surface area contributed by atoms with E-state index in [0.717, 1.165) is 30.7 Å². The van der Waals surface area contributed by atoms with Crippen LogP contribution in [0.2, 0.25) is 5.02 Å². The van der Waals surface area contributed by atoms with Crippen molar-refractivity contribution in [1.82, 2.24) is 24.7 Å². The Hall–Kier alpha value is -2.30. The van der Waals surface area contributed by atoms with Gasteiger partial charge in [0, 0.05) is 35.4 Å². The van der Waals surface area contributed by atoms with E-state index in [4.69, 9.17) is 11.6 Å². The number of sulfonamides is 1. The number of hydrogen-bond donors (Lipinski definition) is 3. The Balaban J connectivity index is 1.65. The quantitative estimate of drug-likeness (QED) is 0.564. The molecular formula is C18H20ClFN6O2S. The normalized spacial score (nSPS) is 20.1. The molecule has 0 aromatic carbocycles. The van der Waals surface area contributed by atoms with E-state index in [0.29, 0.717) is 34.9 Å². The monoisotopic (exact) mass is 438 g/mol. The zero-order valence-corrected chi connectivity index (χ0v) is 17.2. The third kappa shape index (κ3) is 4.49. The summed E-state index contributed by atoms with van der Waals surface area (Å²) in [6.45, 7) is 0. The third-order valence-electron chi connectivity index (χ3n) is 4.94. The molecule has 1 aliphatic carbocycles. The SMILES string of the molecule is CS(=O)(=O)N[C@H]1CCCCC1Nc1nc(-c2c[nH]c3ncc(Cl)cc23)ncc1F. The molecule has 3 N–H and O–H groups in total. The first-order valence-corrected chi connectivity index (χ1v) is 11.5. The minimum absolute atomic E-state index is 0.0338. The molecule has 3 heterocycles. The zero-order chi connectivity index (χ0) is 20.6. The molecule has 29 heavy (non-hydrogen) atoms. The number of fused-ring (bicyclic) bond motifs is 1. The van der Waals surface area contributed by atoms with E-state index in [1.807, 2.05) is 0 Å². The highest BCUT2D eigenvalue weighted by Crippen LogP contribution is 2.29. The Morgan fingerprint density at radius 2 is 1.97 bits per heavy atom. The second-order valence-corrected chi connectivity index (χ2v) is 9.39. The van der Waals surface area contributed by atoms with Crippen LogP contribution in [0, 0.1) is 5.82 Å². The summed E-state index contributed by atoms with van der Waals surface area (Å²) in [6.07, 6.45) is 8.66. The minimum atomic E-state index is -3.37. The van der Waals surface area contributed by atoms with Crippen molar-refractivity contribution < 1.29 is 12.8 Å². The number of halogens is 2. The molecule has 0 saturated heterocycles. The summed E-state index contributed by atoms with van der Waals surface area (Å²) in [5.41, 5.74) is 1.27. The largest absolute Gasteiger partial charge is 0.363 e. The van der Waals surface area contributed by atoms with Gasteiger partial charge in [0.2, 0.25) is 10.0 Å². The number of anilines is 1. The van der Waals surface area contributed by atoms with E-state index in [9.17, 15) is 12.8 Å². The Morgan fingerprint density at radius 3 is 2.72 bits per heavy atom. The van der Waals surface area contributed by atoms with Gasteiger partial charge >= 0.3 is 0 Å². The maximum Gasteiger partial charge on any atom is 0.209 e. The first kappa shape index (κ1) is 20.0. The molecule has 0 aliphatic heterocycles. The zero-order valence-electron chi connectivity index (χ0n) is 15.6. The van der Waals surface area contributed by atoms with Crippen LogP contribution >= 0.6 is 11.6 Å². The van der Waals surface area contributed by atoms with Crippen LogP contribution in [0.25, 0.3) is 22.4 Å². The molecular weight excluding hydrogens is 419 g/mol. The molecule has 1 aliphatic rings. The highest BCUT2D eigenvalue weighted by molar-refractivity contribution is 7.88. The molecule has 8 nitrogen and oxygen atoms in total. The summed E-state index contributed by atoms with van der Waals surface area (Å²) in [6, 6.07) is 1.14. The fraction of sp³-hybridized carbons (Fsp3) is 0.389. The van der Waals surface area contributed by atoms with E-state index in [2.05, 4.69) is 30.0 Å². The average Bonchev–Trinajstić information content (AvgIpc) is 3.07. The summed E-state index contributed by atoms with van der Waals surface area (Å²) in [5, 5.41) is 4.27. The number of pyridine rings is 1. The lowest BCUT2D eigenvalue weighted by atomic mass is 9.91. The van der Waals surface area contributed by atoms with Crippen molar-refractivity contribution in [2.45, 2.75) is 37.8 Å². The van der Waals surface area contributed by atoms with Gasteiger partial charge in [-0.2, -0.15) is 0 Å².